The van der Waals surface area contributed by atoms with Gasteiger partial charge in [-0.15, -0.1) is 0 Å². The first-order chi connectivity index (χ1) is 4.47. The van der Waals surface area contributed by atoms with Crippen molar-refractivity contribution in [2.45, 2.75) is 0 Å². The molecule has 1 radical (unpaired) electrons. The minimum absolute atomic E-state index is 1.11. The maximum atomic E-state index is 4.00. The molecule has 0 bridgehead atoms. The third-order valence-electron chi connectivity index (χ3n) is 1.24. The van der Waals surface area contributed by atoms with E-state index in [1.165, 1.54) is 17.1 Å². The lowest BCUT2D eigenvalue weighted by Crippen LogP contribution is -1.69. The van der Waals surface area contributed by atoms with Gasteiger partial charge in [-0.05, 0) is 23.2 Å². The van der Waals surface area contributed by atoms with Gasteiger partial charge in [-0.2, -0.15) is 0 Å². The summed E-state index contributed by atoms with van der Waals surface area (Å²) in [4.78, 5) is 0. The fourth-order valence-corrected chi connectivity index (χ4v) is 1.33. The van der Waals surface area contributed by atoms with E-state index in [0.717, 1.165) is 5.56 Å². The van der Waals surface area contributed by atoms with Crippen molar-refractivity contribution in [3.63, 3.8) is 0 Å². The van der Waals surface area contributed by atoms with Crippen LogP contribution in [0.3, 0.4) is 0 Å². The predicted octanol–water partition coefficient (Wildman–Crippen LogP) is 2.05. The van der Waals surface area contributed by atoms with Crippen LogP contribution in [0.15, 0.2) is 23.7 Å². The molecular weight excluding hydrogens is 130 g/mol. The molecule has 0 atom stereocenters. The number of rotatable bonds is 0. The van der Waals surface area contributed by atoms with Crippen LogP contribution in [-0.4, -0.2) is 4.37 Å². The van der Waals surface area contributed by atoms with Crippen molar-refractivity contribution < 1.29 is 0 Å². The zero-order valence-electron chi connectivity index (χ0n) is 4.66. The Morgan fingerprint density at radius 1 is 1.56 bits per heavy atom. The van der Waals surface area contributed by atoms with Crippen molar-refractivity contribution in [1.82, 2.24) is 4.37 Å². The molecule has 1 nitrogen and oxygen atoms in total. The molecule has 0 aromatic carbocycles. The van der Waals surface area contributed by atoms with E-state index in [1.54, 1.807) is 0 Å². The fraction of sp³-hybridized carbons (Fsp3) is 0. The maximum Gasteiger partial charge on any atom is 0.0483 e. The van der Waals surface area contributed by atoms with Gasteiger partial charge in [0, 0.05) is 17.1 Å². The van der Waals surface area contributed by atoms with E-state index in [9.17, 15) is 0 Å². The first kappa shape index (κ1) is 4.94. The molecule has 2 aliphatic rings. The second kappa shape index (κ2) is 1.81. The van der Waals surface area contributed by atoms with Gasteiger partial charge in [-0.25, -0.2) is 4.37 Å². The summed E-state index contributed by atoms with van der Waals surface area (Å²) in [7, 11) is 0. The molecule has 0 fully saturated rings. The van der Waals surface area contributed by atoms with Crippen molar-refractivity contribution in [3.8, 4) is 11.1 Å². The number of aromatic nitrogens is 1. The molecule has 0 amide bonds. The number of fused-ring (bicyclic) bond motifs is 1. The van der Waals surface area contributed by atoms with Crippen LogP contribution < -0.4 is 0 Å². The smallest absolute Gasteiger partial charge is 0.0483 e. The Bertz CT molecular complexity index is 249. The second-order valence-electron chi connectivity index (χ2n) is 1.80. The average Bonchev–Trinajstić information content (AvgIpc) is 2.33. The van der Waals surface area contributed by atoms with E-state index in [-0.39, 0.29) is 0 Å². The maximum absolute atomic E-state index is 4.00. The Morgan fingerprint density at radius 2 is 2.56 bits per heavy atom. The summed E-state index contributed by atoms with van der Waals surface area (Å²) in [6.07, 6.45) is 1.83. The summed E-state index contributed by atoms with van der Waals surface area (Å²) in [5, 5.41) is 2.02. The van der Waals surface area contributed by atoms with Crippen molar-refractivity contribution in [2.75, 3.05) is 0 Å². The summed E-state index contributed by atoms with van der Waals surface area (Å²) in [6.45, 7) is 0. The zero-order chi connectivity index (χ0) is 6.10. The molecule has 0 spiro atoms. The van der Waals surface area contributed by atoms with Gasteiger partial charge in [0.15, 0.2) is 0 Å². The van der Waals surface area contributed by atoms with Gasteiger partial charge in [0.25, 0.3) is 0 Å². The molecule has 1 aliphatic heterocycles. The van der Waals surface area contributed by atoms with E-state index in [4.69, 9.17) is 0 Å². The molecule has 1 heterocycles. The van der Waals surface area contributed by atoms with Crippen molar-refractivity contribution in [1.29, 1.82) is 0 Å². The van der Waals surface area contributed by atoms with Crippen LogP contribution in [-0.2, 0) is 0 Å². The monoisotopic (exact) mass is 134 g/mol. The molecule has 2 rings (SSSR count). The quantitative estimate of drug-likeness (QED) is 0.537. The molecule has 0 saturated carbocycles. The highest BCUT2D eigenvalue weighted by Crippen LogP contribution is 2.20. The molecule has 0 aromatic heterocycles. The lowest BCUT2D eigenvalue weighted by atomic mass is 10.2. The van der Waals surface area contributed by atoms with Crippen LogP contribution in [0.25, 0.3) is 11.1 Å². The van der Waals surface area contributed by atoms with E-state index in [2.05, 4.69) is 10.4 Å². The highest BCUT2D eigenvalue weighted by atomic mass is 32.1. The Labute approximate surface area is 57.5 Å². The van der Waals surface area contributed by atoms with Gasteiger partial charge < -0.3 is 0 Å². The largest absolute Gasteiger partial charge is 0.201 e. The predicted molar refractivity (Wildman–Crippen MR) is 37.6 cm³/mol. The van der Waals surface area contributed by atoms with Crippen LogP contribution in [0.1, 0.15) is 0 Å². The first-order valence-corrected chi connectivity index (χ1v) is 3.50. The molecule has 0 saturated heterocycles. The van der Waals surface area contributed by atoms with Gasteiger partial charge in [0.1, 0.15) is 0 Å². The minimum Gasteiger partial charge on any atom is -0.201 e. The molecule has 1 aliphatic carbocycles. The van der Waals surface area contributed by atoms with Gasteiger partial charge >= 0.3 is 0 Å². The lowest BCUT2D eigenvalue weighted by molar-refractivity contribution is 1.53. The highest BCUT2D eigenvalue weighted by Gasteiger charge is 1.98. The van der Waals surface area contributed by atoms with Gasteiger partial charge in [0.2, 0.25) is 0 Å². The normalized spacial score (nSPS) is 10.2. The second-order valence-corrected chi connectivity index (χ2v) is 2.46. The fourth-order valence-electron chi connectivity index (χ4n) is 0.779. The summed E-state index contributed by atoms with van der Waals surface area (Å²) in [5.41, 5.74) is 2.34. The van der Waals surface area contributed by atoms with Crippen LogP contribution in [0.5, 0.6) is 0 Å². The molecule has 0 N–H and O–H groups in total. The number of hydrogen-bond acceptors (Lipinski definition) is 2. The molecule has 43 valence electrons. The SMILES string of the molecule is [c]1ccc2csncc1-2. The molecule has 0 aromatic rings. The molecule has 0 unspecified atom stereocenters. The third-order valence-corrected chi connectivity index (χ3v) is 1.82. The van der Waals surface area contributed by atoms with Gasteiger partial charge in [-0.1, -0.05) is 12.1 Å². The van der Waals surface area contributed by atoms with E-state index in [0.29, 0.717) is 0 Å². The van der Waals surface area contributed by atoms with E-state index < -0.39 is 0 Å². The van der Waals surface area contributed by atoms with Crippen molar-refractivity contribution in [2.24, 2.45) is 0 Å². The van der Waals surface area contributed by atoms with Crippen LogP contribution >= 0.6 is 11.5 Å². The lowest BCUT2D eigenvalue weighted by Gasteiger charge is -1.90. The summed E-state index contributed by atoms with van der Waals surface area (Å²) in [5.74, 6) is 0. The Morgan fingerprint density at radius 3 is 3.44 bits per heavy atom. The topological polar surface area (TPSA) is 12.9 Å². The summed E-state index contributed by atoms with van der Waals surface area (Å²) < 4.78 is 4.00. The van der Waals surface area contributed by atoms with Crippen LogP contribution in [0, 0.1) is 6.07 Å². The van der Waals surface area contributed by atoms with Gasteiger partial charge in [0.05, 0.1) is 0 Å². The Balaban J connectivity index is 2.79. The number of nitrogens with zero attached hydrogens (tertiary/aromatic N) is 1. The van der Waals surface area contributed by atoms with E-state index in [1.807, 2.05) is 23.7 Å². The Hall–Kier alpha value is -0.890. The third kappa shape index (κ3) is 0.715. The van der Waals surface area contributed by atoms with Crippen LogP contribution in [0.2, 0.25) is 0 Å². The first-order valence-electron chi connectivity index (χ1n) is 2.66. The standard InChI is InChI=1S/C7H4NS/c1-2-6-4-8-9-5-7(6)3-1/h1,3-5H. The average molecular weight is 134 g/mol. The Kier molecular flexibility index (Phi) is 0.993. The minimum atomic E-state index is 1.11. The molecule has 2 heteroatoms. The zero-order valence-corrected chi connectivity index (χ0v) is 5.48. The van der Waals surface area contributed by atoms with E-state index >= 15 is 0 Å². The summed E-state index contributed by atoms with van der Waals surface area (Å²) in [6, 6.07) is 7.01. The highest BCUT2D eigenvalue weighted by molar-refractivity contribution is 7.03. The molecule has 9 heavy (non-hydrogen) atoms. The van der Waals surface area contributed by atoms with Crippen molar-refractivity contribution >= 4 is 11.5 Å². The number of hydrogen-bond donors (Lipinski definition) is 0. The van der Waals surface area contributed by atoms with Crippen LogP contribution in [0.4, 0.5) is 0 Å². The molecular formula is C7H4NS. The van der Waals surface area contributed by atoms with Crippen molar-refractivity contribution in [3.05, 3.63) is 29.8 Å². The van der Waals surface area contributed by atoms with Gasteiger partial charge in [-0.3, -0.25) is 0 Å². The summed E-state index contributed by atoms with van der Waals surface area (Å²) >= 11 is 1.47.